The highest BCUT2D eigenvalue weighted by Gasteiger charge is 2.49. The molecule has 0 atom stereocenters. The third-order valence-corrected chi connectivity index (χ3v) is 3.04. The van der Waals surface area contributed by atoms with Gasteiger partial charge in [-0.15, -0.1) is 0 Å². The van der Waals surface area contributed by atoms with Gasteiger partial charge in [0.1, 0.15) is 5.41 Å². The van der Waals surface area contributed by atoms with Crippen LogP contribution in [0.3, 0.4) is 0 Å². The van der Waals surface area contributed by atoms with Crippen molar-refractivity contribution in [3.05, 3.63) is 0 Å². The predicted molar refractivity (Wildman–Crippen MR) is 47.4 cm³/mol. The third-order valence-electron chi connectivity index (χ3n) is 3.04. The van der Waals surface area contributed by atoms with E-state index in [1.807, 2.05) is 11.8 Å². The van der Waals surface area contributed by atoms with Gasteiger partial charge < -0.3 is 10.0 Å². The van der Waals surface area contributed by atoms with E-state index in [1.165, 1.54) is 0 Å². The highest BCUT2D eigenvalue weighted by molar-refractivity contribution is 5.75. The Kier molecular flexibility index (Phi) is 3.42. The Morgan fingerprint density at radius 3 is 2.29 bits per heavy atom. The van der Waals surface area contributed by atoms with Crippen LogP contribution in [-0.4, -0.2) is 42.0 Å². The first-order valence-corrected chi connectivity index (χ1v) is 4.77. The van der Waals surface area contributed by atoms with Crippen molar-refractivity contribution in [2.75, 3.05) is 19.6 Å². The molecule has 1 heterocycles. The van der Waals surface area contributed by atoms with Crippen molar-refractivity contribution in [1.82, 2.24) is 4.90 Å². The molecule has 1 rings (SSSR count). The van der Waals surface area contributed by atoms with Crippen LogP contribution in [0.1, 0.15) is 19.8 Å². The van der Waals surface area contributed by atoms with E-state index in [9.17, 15) is 13.6 Å². The Morgan fingerprint density at radius 2 is 2.00 bits per heavy atom. The van der Waals surface area contributed by atoms with E-state index in [2.05, 4.69) is 0 Å². The molecule has 0 saturated carbocycles. The zero-order valence-corrected chi connectivity index (χ0v) is 8.17. The van der Waals surface area contributed by atoms with Crippen LogP contribution in [0.5, 0.6) is 0 Å². The first-order valence-electron chi connectivity index (χ1n) is 4.77. The normalized spacial score (nSPS) is 22.6. The van der Waals surface area contributed by atoms with Crippen LogP contribution in [0.25, 0.3) is 0 Å². The lowest BCUT2D eigenvalue weighted by Crippen LogP contribution is -2.48. The standard InChI is InChI=1S/C9H15F2NO2/c1-2-12-5-3-9(4-6-12,7(10)11)8(13)14/h7H,2-6H2,1H3,(H,13,14). The Hall–Kier alpha value is -0.710. The molecule has 1 saturated heterocycles. The van der Waals surface area contributed by atoms with Crippen LogP contribution >= 0.6 is 0 Å². The monoisotopic (exact) mass is 207 g/mol. The Balaban J connectivity index is 2.70. The van der Waals surface area contributed by atoms with Gasteiger partial charge in [0.05, 0.1) is 0 Å². The lowest BCUT2D eigenvalue weighted by molar-refractivity contribution is -0.164. The third kappa shape index (κ3) is 1.87. The fourth-order valence-corrected chi connectivity index (χ4v) is 1.79. The van der Waals surface area contributed by atoms with Crippen molar-refractivity contribution < 1.29 is 18.7 Å². The number of piperidine rings is 1. The van der Waals surface area contributed by atoms with E-state index >= 15 is 0 Å². The lowest BCUT2D eigenvalue weighted by Gasteiger charge is -2.37. The molecule has 0 aliphatic carbocycles. The average Bonchev–Trinajstić information content (AvgIpc) is 2.17. The number of carboxylic acid groups (broad SMARTS) is 1. The van der Waals surface area contributed by atoms with E-state index in [-0.39, 0.29) is 12.8 Å². The van der Waals surface area contributed by atoms with E-state index in [1.54, 1.807) is 0 Å². The Labute approximate surface area is 81.7 Å². The minimum absolute atomic E-state index is 0.0494. The van der Waals surface area contributed by atoms with Crippen molar-refractivity contribution in [2.24, 2.45) is 5.41 Å². The van der Waals surface area contributed by atoms with Crippen LogP contribution in [0.4, 0.5) is 8.78 Å². The molecule has 0 aromatic heterocycles. The molecule has 0 radical (unpaired) electrons. The molecule has 0 aromatic rings. The molecule has 0 spiro atoms. The summed E-state index contributed by atoms with van der Waals surface area (Å²) in [4.78, 5) is 12.8. The van der Waals surface area contributed by atoms with Crippen molar-refractivity contribution in [2.45, 2.75) is 26.2 Å². The number of aliphatic carboxylic acids is 1. The summed E-state index contributed by atoms with van der Waals surface area (Å²) < 4.78 is 25.3. The molecule has 14 heavy (non-hydrogen) atoms. The Bertz CT molecular complexity index is 213. The number of alkyl halides is 2. The number of halogens is 2. The second-order valence-corrected chi connectivity index (χ2v) is 3.70. The van der Waals surface area contributed by atoms with Gasteiger partial charge in [-0.3, -0.25) is 4.79 Å². The second kappa shape index (κ2) is 4.21. The van der Waals surface area contributed by atoms with Crippen molar-refractivity contribution >= 4 is 5.97 Å². The molecule has 1 fully saturated rings. The zero-order chi connectivity index (χ0) is 10.8. The molecule has 0 aromatic carbocycles. The molecule has 1 aliphatic rings. The second-order valence-electron chi connectivity index (χ2n) is 3.70. The van der Waals surface area contributed by atoms with Gasteiger partial charge in [-0.2, -0.15) is 0 Å². The summed E-state index contributed by atoms with van der Waals surface area (Å²) >= 11 is 0. The molecule has 0 bridgehead atoms. The van der Waals surface area contributed by atoms with E-state index in [4.69, 9.17) is 5.11 Å². The topological polar surface area (TPSA) is 40.5 Å². The first kappa shape index (κ1) is 11.4. The predicted octanol–water partition coefficient (Wildman–Crippen LogP) is 1.44. The summed E-state index contributed by atoms with van der Waals surface area (Å²) in [5, 5.41) is 8.82. The number of nitrogens with zero attached hydrogens (tertiary/aromatic N) is 1. The highest BCUT2D eigenvalue weighted by atomic mass is 19.3. The minimum atomic E-state index is -2.76. The molecule has 0 unspecified atom stereocenters. The van der Waals surface area contributed by atoms with Gasteiger partial charge in [-0.05, 0) is 32.5 Å². The van der Waals surface area contributed by atoms with Crippen molar-refractivity contribution in [3.8, 4) is 0 Å². The molecule has 5 heteroatoms. The van der Waals surface area contributed by atoms with Crippen LogP contribution in [0, 0.1) is 5.41 Å². The Morgan fingerprint density at radius 1 is 1.50 bits per heavy atom. The molecular formula is C9H15F2NO2. The van der Waals surface area contributed by atoms with Crippen LogP contribution in [-0.2, 0) is 4.79 Å². The number of likely N-dealkylation sites (tertiary alicyclic amines) is 1. The molecule has 82 valence electrons. The minimum Gasteiger partial charge on any atom is -0.481 e. The number of hydrogen-bond donors (Lipinski definition) is 1. The number of rotatable bonds is 3. The summed E-state index contributed by atoms with van der Waals surface area (Å²) in [6.07, 6.45) is -2.67. The fraction of sp³-hybridized carbons (Fsp3) is 0.889. The average molecular weight is 207 g/mol. The van der Waals surface area contributed by atoms with Gasteiger partial charge >= 0.3 is 5.97 Å². The van der Waals surface area contributed by atoms with Gasteiger partial charge in [0.2, 0.25) is 0 Å². The number of carbonyl (C=O) groups is 1. The molecule has 3 nitrogen and oxygen atoms in total. The fourth-order valence-electron chi connectivity index (χ4n) is 1.79. The molecule has 0 amide bonds. The summed E-state index contributed by atoms with van der Waals surface area (Å²) in [5.74, 6) is -1.36. The smallest absolute Gasteiger partial charge is 0.315 e. The van der Waals surface area contributed by atoms with Crippen LogP contribution in [0.15, 0.2) is 0 Å². The maximum atomic E-state index is 12.7. The highest BCUT2D eigenvalue weighted by Crippen LogP contribution is 2.37. The first-order chi connectivity index (χ1) is 6.53. The van der Waals surface area contributed by atoms with E-state index < -0.39 is 17.8 Å². The van der Waals surface area contributed by atoms with Crippen molar-refractivity contribution in [3.63, 3.8) is 0 Å². The summed E-state index contributed by atoms with van der Waals surface area (Å²) in [6, 6.07) is 0. The van der Waals surface area contributed by atoms with Gasteiger partial charge in [0.25, 0.3) is 6.43 Å². The van der Waals surface area contributed by atoms with Crippen molar-refractivity contribution in [1.29, 1.82) is 0 Å². The molecule has 1 aliphatic heterocycles. The quantitative estimate of drug-likeness (QED) is 0.761. The summed E-state index contributed by atoms with van der Waals surface area (Å²) in [7, 11) is 0. The molecule has 1 N–H and O–H groups in total. The summed E-state index contributed by atoms with van der Waals surface area (Å²) in [5.41, 5.74) is -1.80. The zero-order valence-electron chi connectivity index (χ0n) is 8.17. The summed E-state index contributed by atoms with van der Waals surface area (Å²) in [6.45, 7) is 3.63. The van der Waals surface area contributed by atoms with E-state index in [0.717, 1.165) is 6.54 Å². The number of hydrogen-bond acceptors (Lipinski definition) is 2. The largest absolute Gasteiger partial charge is 0.481 e. The van der Waals surface area contributed by atoms with Gasteiger partial charge in [-0.1, -0.05) is 6.92 Å². The lowest BCUT2D eigenvalue weighted by atomic mass is 9.79. The van der Waals surface area contributed by atoms with Gasteiger partial charge in [0, 0.05) is 0 Å². The van der Waals surface area contributed by atoms with Gasteiger partial charge in [-0.25, -0.2) is 8.78 Å². The molecular weight excluding hydrogens is 192 g/mol. The van der Waals surface area contributed by atoms with Crippen LogP contribution < -0.4 is 0 Å². The SMILES string of the molecule is CCN1CCC(C(=O)O)(C(F)F)CC1. The maximum absolute atomic E-state index is 12.7. The maximum Gasteiger partial charge on any atom is 0.315 e. The van der Waals surface area contributed by atoms with Gasteiger partial charge in [0.15, 0.2) is 0 Å². The van der Waals surface area contributed by atoms with Crippen LogP contribution in [0.2, 0.25) is 0 Å². The number of carboxylic acids is 1. The van der Waals surface area contributed by atoms with E-state index in [0.29, 0.717) is 13.1 Å².